The minimum absolute atomic E-state index is 0.145. The SMILES string of the molecule is CCC1C(=O)/C(=C/c2cc(F)c(O)c(F)c2)N=C1C. The summed E-state index contributed by atoms with van der Waals surface area (Å²) in [5, 5.41) is 9.00. The summed E-state index contributed by atoms with van der Waals surface area (Å²) >= 11 is 0. The molecule has 100 valence electrons. The Kier molecular flexibility index (Phi) is 3.46. The van der Waals surface area contributed by atoms with E-state index in [2.05, 4.69) is 4.99 Å². The van der Waals surface area contributed by atoms with Gasteiger partial charge in [0.05, 0.1) is 5.92 Å². The van der Waals surface area contributed by atoms with Gasteiger partial charge >= 0.3 is 0 Å². The van der Waals surface area contributed by atoms with Crippen molar-refractivity contribution in [2.24, 2.45) is 10.9 Å². The molecule has 0 amide bonds. The van der Waals surface area contributed by atoms with Crippen LogP contribution in [-0.4, -0.2) is 16.6 Å². The van der Waals surface area contributed by atoms with Crippen molar-refractivity contribution in [2.75, 3.05) is 0 Å². The van der Waals surface area contributed by atoms with Crippen molar-refractivity contribution in [2.45, 2.75) is 20.3 Å². The van der Waals surface area contributed by atoms with Gasteiger partial charge in [-0.3, -0.25) is 9.79 Å². The molecule has 1 unspecified atom stereocenters. The van der Waals surface area contributed by atoms with Crippen molar-refractivity contribution in [3.05, 3.63) is 35.0 Å². The Morgan fingerprint density at radius 3 is 2.42 bits per heavy atom. The topological polar surface area (TPSA) is 49.7 Å². The van der Waals surface area contributed by atoms with Crippen LogP contribution in [0.4, 0.5) is 8.78 Å². The lowest BCUT2D eigenvalue weighted by molar-refractivity contribution is -0.116. The lowest BCUT2D eigenvalue weighted by atomic mass is 9.97. The second kappa shape index (κ2) is 4.91. The van der Waals surface area contributed by atoms with Crippen molar-refractivity contribution in [1.29, 1.82) is 0 Å². The highest BCUT2D eigenvalue weighted by atomic mass is 19.1. The Hall–Kier alpha value is -2.04. The number of rotatable bonds is 2. The molecule has 1 aliphatic rings. The molecule has 1 atom stereocenters. The van der Waals surface area contributed by atoms with Crippen LogP contribution in [0.5, 0.6) is 5.75 Å². The van der Waals surface area contributed by atoms with E-state index in [1.54, 1.807) is 6.92 Å². The van der Waals surface area contributed by atoms with Crippen molar-refractivity contribution in [3.63, 3.8) is 0 Å². The Morgan fingerprint density at radius 2 is 1.95 bits per heavy atom. The molecule has 0 bridgehead atoms. The number of phenols is 1. The Bertz CT molecular complexity index is 582. The van der Waals surface area contributed by atoms with E-state index in [-0.39, 0.29) is 23.0 Å². The van der Waals surface area contributed by atoms with Crippen LogP contribution >= 0.6 is 0 Å². The van der Waals surface area contributed by atoms with Gasteiger partial charge in [-0.1, -0.05) is 6.92 Å². The molecule has 1 aromatic rings. The summed E-state index contributed by atoms with van der Waals surface area (Å²) in [4.78, 5) is 16.1. The van der Waals surface area contributed by atoms with Crippen LogP contribution in [0.3, 0.4) is 0 Å². The number of allylic oxidation sites excluding steroid dienone is 1. The molecule has 0 spiro atoms. The van der Waals surface area contributed by atoms with E-state index in [1.807, 2.05) is 6.92 Å². The summed E-state index contributed by atoms with van der Waals surface area (Å²) in [5.74, 6) is -3.55. The maximum Gasteiger partial charge on any atom is 0.189 e. The number of Topliss-reactive ketones (excluding diaryl/α,β-unsaturated/α-hetero) is 1. The Morgan fingerprint density at radius 1 is 1.37 bits per heavy atom. The van der Waals surface area contributed by atoms with Crippen LogP contribution in [0.25, 0.3) is 6.08 Å². The molecule has 0 saturated carbocycles. The third-order valence-corrected chi connectivity index (χ3v) is 3.12. The molecule has 0 radical (unpaired) electrons. The summed E-state index contributed by atoms with van der Waals surface area (Å²) < 4.78 is 26.4. The van der Waals surface area contributed by atoms with Crippen LogP contribution in [-0.2, 0) is 4.79 Å². The van der Waals surface area contributed by atoms with Crippen molar-refractivity contribution in [1.82, 2.24) is 0 Å². The first kappa shape index (κ1) is 13.4. The fourth-order valence-electron chi connectivity index (χ4n) is 2.10. The summed E-state index contributed by atoms with van der Waals surface area (Å²) in [7, 11) is 0. The maximum atomic E-state index is 13.2. The van der Waals surface area contributed by atoms with Gasteiger partial charge in [-0.05, 0) is 37.1 Å². The van der Waals surface area contributed by atoms with E-state index >= 15 is 0 Å². The van der Waals surface area contributed by atoms with Gasteiger partial charge in [-0.15, -0.1) is 0 Å². The molecular weight excluding hydrogens is 252 g/mol. The molecule has 5 heteroatoms. The molecule has 0 aliphatic carbocycles. The number of hydrogen-bond acceptors (Lipinski definition) is 3. The second-order valence-corrected chi connectivity index (χ2v) is 4.44. The van der Waals surface area contributed by atoms with E-state index in [9.17, 15) is 13.6 Å². The van der Waals surface area contributed by atoms with Gasteiger partial charge in [0.1, 0.15) is 5.70 Å². The average molecular weight is 265 g/mol. The van der Waals surface area contributed by atoms with Crippen LogP contribution in [0.15, 0.2) is 22.8 Å². The molecule has 1 heterocycles. The molecular formula is C14H13F2NO2. The molecule has 3 nitrogen and oxygen atoms in total. The van der Waals surface area contributed by atoms with Gasteiger partial charge < -0.3 is 5.11 Å². The number of carbonyl (C=O) groups is 1. The quantitative estimate of drug-likeness (QED) is 0.835. The van der Waals surface area contributed by atoms with E-state index in [0.717, 1.165) is 12.1 Å². The number of halogens is 2. The number of ketones is 1. The first-order valence-corrected chi connectivity index (χ1v) is 5.93. The Balaban J connectivity index is 2.41. The largest absolute Gasteiger partial charge is 0.503 e. The molecule has 0 aromatic heterocycles. The lowest BCUT2D eigenvalue weighted by Gasteiger charge is -2.03. The summed E-state index contributed by atoms with van der Waals surface area (Å²) in [6, 6.07) is 1.92. The minimum Gasteiger partial charge on any atom is -0.503 e. The van der Waals surface area contributed by atoms with E-state index in [1.165, 1.54) is 6.08 Å². The van der Waals surface area contributed by atoms with Crippen molar-refractivity contribution < 1.29 is 18.7 Å². The summed E-state index contributed by atoms with van der Waals surface area (Å²) in [5.41, 5.74) is 1.05. The summed E-state index contributed by atoms with van der Waals surface area (Å²) in [6.07, 6.45) is 1.97. The number of hydrogen-bond donors (Lipinski definition) is 1. The highest BCUT2D eigenvalue weighted by molar-refractivity contribution is 6.19. The number of nitrogens with zero attached hydrogens (tertiary/aromatic N) is 1. The molecule has 2 rings (SSSR count). The third-order valence-electron chi connectivity index (χ3n) is 3.12. The highest BCUT2D eigenvalue weighted by Crippen LogP contribution is 2.27. The minimum atomic E-state index is -1.06. The van der Waals surface area contributed by atoms with Crippen LogP contribution in [0.1, 0.15) is 25.8 Å². The predicted molar refractivity (Wildman–Crippen MR) is 67.9 cm³/mol. The van der Waals surface area contributed by atoms with Gasteiger partial charge in [0, 0.05) is 5.71 Å². The van der Waals surface area contributed by atoms with Gasteiger partial charge in [0.2, 0.25) is 0 Å². The molecule has 0 saturated heterocycles. The first-order chi connectivity index (χ1) is 8.93. The monoisotopic (exact) mass is 265 g/mol. The number of phenolic OH excluding ortho intramolecular Hbond substituents is 1. The first-order valence-electron chi connectivity index (χ1n) is 5.93. The average Bonchev–Trinajstić information content (AvgIpc) is 2.61. The van der Waals surface area contributed by atoms with Gasteiger partial charge in [-0.2, -0.15) is 0 Å². The van der Waals surface area contributed by atoms with Gasteiger partial charge in [-0.25, -0.2) is 8.78 Å². The van der Waals surface area contributed by atoms with Crippen molar-refractivity contribution in [3.8, 4) is 5.75 Å². The Labute approximate surface area is 109 Å². The standard InChI is InChI=1S/C14H13F2NO2/c1-3-9-7(2)17-12(13(9)18)6-8-4-10(15)14(19)11(16)5-8/h4-6,9,19H,3H2,1-2H3/b12-6-. The van der Waals surface area contributed by atoms with E-state index in [0.29, 0.717) is 12.1 Å². The normalized spacial score (nSPS) is 21.1. The fraction of sp³-hybridized carbons (Fsp3) is 0.286. The van der Waals surface area contributed by atoms with Crippen LogP contribution in [0, 0.1) is 17.6 Å². The third kappa shape index (κ3) is 2.41. The lowest BCUT2D eigenvalue weighted by Crippen LogP contribution is -2.14. The maximum absolute atomic E-state index is 13.2. The van der Waals surface area contributed by atoms with E-state index < -0.39 is 17.4 Å². The zero-order valence-electron chi connectivity index (χ0n) is 10.6. The predicted octanol–water partition coefficient (Wildman–Crippen LogP) is 3.08. The van der Waals surface area contributed by atoms with Crippen LogP contribution in [0.2, 0.25) is 0 Å². The van der Waals surface area contributed by atoms with Gasteiger partial charge in [0.25, 0.3) is 0 Å². The van der Waals surface area contributed by atoms with E-state index in [4.69, 9.17) is 5.11 Å². The highest BCUT2D eigenvalue weighted by Gasteiger charge is 2.29. The number of carbonyl (C=O) groups excluding carboxylic acids is 1. The second-order valence-electron chi connectivity index (χ2n) is 4.44. The molecule has 1 N–H and O–H groups in total. The zero-order valence-corrected chi connectivity index (χ0v) is 10.6. The van der Waals surface area contributed by atoms with Crippen molar-refractivity contribution >= 4 is 17.6 Å². The molecule has 19 heavy (non-hydrogen) atoms. The molecule has 1 aliphatic heterocycles. The molecule has 0 fully saturated rings. The smallest absolute Gasteiger partial charge is 0.189 e. The van der Waals surface area contributed by atoms with Gasteiger partial charge in [0.15, 0.2) is 23.2 Å². The summed E-state index contributed by atoms with van der Waals surface area (Å²) in [6.45, 7) is 3.63. The fourth-order valence-corrected chi connectivity index (χ4v) is 2.10. The molecule has 1 aromatic carbocycles. The zero-order chi connectivity index (χ0) is 14.2. The number of benzene rings is 1. The number of aliphatic imine (C=N–C) groups is 1. The number of aromatic hydroxyl groups is 1. The van der Waals surface area contributed by atoms with Crippen LogP contribution < -0.4 is 0 Å².